The van der Waals surface area contributed by atoms with Gasteiger partial charge in [0, 0.05) is 10.4 Å². The van der Waals surface area contributed by atoms with E-state index in [0.717, 1.165) is 35.4 Å². The summed E-state index contributed by atoms with van der Waals surface area (Å²) in [5.74, 6) is 1.34. The number of rotatable bonds is 5. The van der Waals surface area contributed by atoms with Crippen LogP contribution >= 0.6 is 15.9 Å². The van der Waals surface area contributed by atoms with Gasteiger partial charge in [-0.25, -0.2) is 4.98 Å². The molecule has 1 saturated heterocycles. The van der Waals surface area contributed by atoms with Crippen LogP contribution in [0.2, 0.25) is 0 Å². The van der Waals surface area contributed by atoms with Gasteiger partial charge in [0.25, 0.3) is 0 Å². The molecule has 1 aromatic heterocycles. The fourth-order valence-electron chi connectivity index (χ4n) is 2.90. The minimum atomic E-state index is -0.198. The second-order valence-corrected chi connectivity index (χ2v) is 7.06. The van der Waals surface area contributed by atoms with E-state index in [9.17, 15) is 0 Å². The van der Waals surface area contributed by atoms with Crippen LogP contribution in [0.15, 0.2) is 35.3 Å². The Balaban J connectivity index is 1.54. The molecule has 2 heterocycles. The number of aryl methyl sites for hydroxylation is 1. The van der Waals surface area contributed by atoms with Crippen molar-refractivity contribution in [1.29, 1.82) is 0 Å². The molecule has 0 N–H and O–H groups in total. The molecule has 2 aromatic rings. The lowest BCUT2D eigenvalue weighted by Gasteiger charge is -2.22. The lowest BCUT2D eigenvalue weighted by atomic mass is 9.96. The van der Waals surface area contributed by atoms with Crippen molar-refractivity contribution < 1.29 is 9.47 Å². The monoisotopic (exact) mass is 365 g/mol. The van der Waals surface area contributed by atoms with Gasteiger partial charge in [-0.1, -0.05) is 15.9 Å². The third-order valence-electron chi connectivity index (χ3n) is 3.96. The van der Waals surface area contributed by atoms with Gasteiger partial charge >= 0.3 is 0 Å². The Morgan fingerprint density at radius 1 is 1.50 bits per heavy atom. The van der Waals surface area contributed by atoms with E-state index in [4.69, 9.17) is 9.47 Å². The smallest absolute Gasteiger partial charge is 0.137 e. The highest BCUT2D eigenvalue weighted by Gasteiger charge is 2.37. The predicted octanol–water partition coefficient (Wildman–Crippen LogP) is 3.22. The van der Waals surface area contributed by atoms with Gasteiger partial charge in [0.1, 0.15) is 18.4 Å². The van der Waals surface area contributed by atoms with E-state index in [1.54, 1.807) is 12.7 Å². The van der Waals surface area contributed by atoms with Crippen LogP contribution in [0.1, 0.15) is 18.9 Å². The Bertz CT molecular complexity index is 632. The van der Waals surface area contributed by atoms with Crippen LogP contribution in [-0.4, -0.2) is 33.6 Å². The van der Waals surface area contributed by atoms with Gasteiger partial charge in [-0.3, -0.25) is 4.68 Å². The van der Waals surface area contributed by atoms with E-state index in [-0.39, 0.29) is 5.60 Å². The van der Waals surface area contributed by atoms with Crippen molar-refractivity contribution in [2.75, 3.05) is 13.2 Å². The third kappa shape index (κ3) is 3.67. The molecule has 1 aliphatic rings. The summed E-state index contributed by atoms with van der Waals surface area (Å²) in [5, 5.41) is 4.15. The van der Waals surface area contributed by atoms with Crippen molar-refractivity contribution in [1.82, 2.24) is 14.8 Å². The highest BCUT2D eigenvalue weighted by Crippen LogP contribution is 2.32. The van der Waals surface area contributed by atoms with Crippen molar-refractivity contribution in [3.63, 3.8) is 0 Å². The molecule has 0 aliphatic carbocycles. The molecule has 0 bridgehead atoms. The maximum atomic E-state index is 5.99. The summed E-state index contributed by atoms with van der Waals surface area (Å²) in [7, 11) is 0. The van der Waals surface area contributed by atoms with Gasteiger partial charge in [0.2, 0.25) is 0 Å². The van der Waals surface area contributed by atoms with Gasteiger partial charge in [0.15, 0.2) is 0 Å². The van der Waals surface area contributed by atoms with Crippen LogP contribution < -0.4 is 4.74 Å². The molecule has 22 heavy (non-hydrogen) atoms. The van der Waals surface area contributed by atoms with E-state index in [1.807, 2.05) is 16.8 Å². The topological polar surface area (TPSA) is 49.2 Å². The minimum absolute atomic E-state index is 0.198. The SMILES string of the molecule is Cc1cc(Br)ccc1OC[C@@H]1CO[C@](C)(Cn2cncn2)C1. The third-order valence-corrected chi connectivity index (χ3v) is 4.46. The molecular formula is C16H20BrN3O2. The van der Waals surface area contributed by atoms with Crippen LogP contribution in [0.25, 0.3) is 0 Å². The molecular weight excluding hydrogens is 346 g/mol. The first-order chi connectivity index (χ1) is 10.5. The maximum Gasteiger partial charge on any atom is 0.137 e. The summed E-state index contributed by atoms with van der Waals surface area (Å²) >= 11 is 3.47. The van der Waals surface area contributed by atoms with Crippen molar-refractivity contribution in [2.24, 2.45) is 5.92 Å². The Hall–Kier alpha value is -1.40. The molecule has 1 aliphatic heterocycles. The summed E-state index contributed by atoms with van der Waals surface area (Å²) in [6, 6.07) is 6.07. The van der Waals surface area contributed by atoms with Gasteiger partial charge in [0.05, 0.1) is 25.4 Å². The molecule has 5 nitrogen and oxygen atoms in total. The van der Waals surface area contributed by atoms with E-state index < -0.39 is 0 Å². The molecule has 6 heteroatoms. The van der Waals surface area contributed by atoms with Crippen LogP contribution in [0.3, 0.4) is 0 Å². The Morgan fingerprint density at radius 3 is 3.09 bits per heavy atom. The standard InChI is InChI=1S/C16H20BrN3O2/c1-12-5-14(17)3-4-15(12)21-7-13-6-16(2,22-8-13)9-20-11-18-10-19-20/h3-5,10-11,13H,6-9H2,1-2H3/t13-,16+/m1/s1. The molecule has 0 spiro atoms. The first kappa shape index (κ1) is 15.5. The van der Waals surface area contributed by atoms with Crippen molar-refractivity contribution in [2.45, 2.75) is 32.4 Å². The zero-order valence-corrected chi connectivity index (χ0v) is 14.4. The van der Waals surface area contributed by atoms with Crippen LogP contribution in [0.5, 0.6) is 5.75 Å². The number of hydrogen-bond acceptors (Lipinski definition) is 4. The molecule has 0 amide bonds. The number of hydrogen-bond donors (Lipinski definition) is 0. The zero-order valence-electron chi connectivity index (χ0n) is 12.8. The quantitative estimate of drug-likeness (QED) is 0.815. The highest BCUT2D eigenvalue weighted by molar-refractivity contribution is 9.10. The molecule has 118 valence electrons. The van der Waals surface area contributed by atoms with Gasteiger partial charge in [-0.05, 0) is 44.0 Å². The summed E-state index contributed by atoms with van der Waals surface area (Å²) in [6.07, 6.45) is 4.24. The minimum Gasteiger partial charge on any atom is -0.493 e. The molecule has 0 radical (unpaired) electrons. The van der Waals surface area contributed by atoms with E-state index >= 15 is 0 Å². The molecule has 2 atom stereocenters. The number of halogens is 1. The van der Waals surface area contributed by atoms with E-state index in [0.29, 0.717) is 12.5 Å². The maximum absolute atomic E-state index is 5.99. The number of benzene rings is 1. The molecule has 1 aromatic carbocycles. The average molecular weight is 366 g/mol. The Morgan fingerprint density at radius 2 is 2.36 bits per heavy atom. The van der Waals surface area contributed by atoms with Gasteiger partial charge in [-0.2, -0.15) is 5.10 Å². The first-order valence-corrected chi connectivity index (χ1v) is 8.19. The van der Waals surface area contributed by atoms with Gasteiger partial charge < -0.3 is 9.47 Å². The summed E-state index contributed by atoms with van der Waals surface area (Å²) in [5.41, 5.74) is 0.940. The molecule has 3 rings (SSSR count). The molecule has 0 unspecified atom stereocenters. The van der Waals surface area contributed by atoms with E-state index in [1.165, 1.54) is 0 Å². The fourth-order valence-corrected chi connectivity index (χ4v) is 3.38. The van der Waals surface area contributed by atoms with Crippen LogP contribution in [0, 0.1) is 12.8 Å². The largest absolute Gasteiger partial charge is 0.493 e. The molecule has 0 saturated carbocycles. The van der Waals surface area contributed by atoms with Crippen LogP contribution in [0.4, 0.5) is 0 Å². The summed E-state index contributed by atoms with van der Waals surface area (Å²) in [4.78, 5) is 3.97. The number of nitrogens with zero attached hydrogens (tertiary/aromatic N) is 3. The van der Waals surface area contributed by atoms with Crippen molar-refractivity contribution in [3.8, 4) is 5.75 Å². The normalized spacial score (nSPS) is 24.6. The Labute approximate surface area is 138 Å². The number of ether oxygens (including phenoxy) is 2. The molecule has 1 fully saturated rings. The summed E-state index contributed by atoms with van der Waals surface area (Å²) in [6.45, 7) is 6.30. The zero-order chi connectivity index (χ0) is 15.6. The predicted molar refractivity (Wildman–Crippen MR) is 86.9 cm³/mol. The van der Waals surface area contributed by atoms with Crippen LogP contribution in [-0.2, 0) is 11.3 Å². The highest BCUT2D eigenvalue weighted by atomic mass is 79.9. The van der Waals surface area contributed by atoms with Crippen molar-refractivity contribution in [3.05, 3.63) is 40.9 Å². The second kappa shape index (κ2) is 6.38. The average Bonchev–Trinajstić information content (AvgIpc) is 3.08. The summed E-state index contributed by atoms with van der Waals surface area (Å²) < 4.78 is 14.8. The lowest BCUT2D eigenvalue weighted by molar-refractivity contribution is 0.00213. The fraction of sp³-hybridized carbons (Fsp3) is 0.500. The van der Waals surface area contributed by atoms with E-state index in [2.05, 4.69) is 45.9 Å². The van der Waals surface area contributed by atoms with Crippen molar-refractivity contribution >= 4 is 15.9 Å². The first-order valence-electron chi connectivity index (χ1n) is 7.39. The second-order valence-electron chi connectivity index (χ2n) is 6.14. The van der Waals surface area contributed by atoms with Gasteiger partial charge in [-0.15, -0.1) is 0 Å². The Kier molecular flexibility index (Phi) is 4.49. The lowest BCUT2D eigenvalue weighted by Crippen LogP contribution is -2.30. The number of aromatic nitrogens is 3.